The molecule has 1 heterocycles. The van der Waals surface area contributed by atoms with Gasteiger partial charge in [0.05, 0.1) is 28.4 Å². The van der Waals surface area contributed by atoms with E-state index in [2.05, 4.69) is 18.8 Å². The third kappa shape index (κ3) is 9.87. The Kier molecular flexibility index (Phi) is 12.1. The van der Waals surface area contributed by atoms with Crippen LogP contribution in [-0.4, -0.2) is 22.0 Å². The van der Waals surface area contributed by atoms with Gasteiger partial charge in [0.2, 0.25) is 0 Å². The molecule has 260 valence electrons. The van der Waals surface area contributed by atoms with Crippen LogP contribution in [0.1, 0.15) is 74.8 Å². The first-order chi connectivity index (χ1) is 23.2. The van der Waals surface area contributed by atoms with Gasteiger partial charge in [0.15, 0.2) is 0 Å². The number of phenols is 1. The maximum absolute atomic E-state index is 13.7. The summed E-state index contributed by atoms with van der Waals surface area (Å²) in [7, 11) is 0. The zero-order valence-corrected chi connectivity index (χ0v) is 27.4. The highest BCUT2D eigenvalue weighted by atomic mass is 19.4. The number of nitrogens with two attached hydrogens (primary N) is 1. The number of phenolic OH excluding ortho intramolecular Hbond substituents is 1. The number of unbranched alkanes of at least 4 members (excludes halogenated alkanes) is 4. The van der Waals surface area contributed by atoms with Crippen LogP contribution in [0, 0.1) is 5.41 Å². The quantitative estimate of drug-likeness (QED) is 0.0702. The summed E-state index contributed by atoms with van der Waals surface area (Å²) in [5.41, 5.74) is 4.95. The van der Waals surface area contributed by atoms with Crippen LogP contribution in [0.2, 0.25) is 0 Å². The molecule has 0 unspecified atom stereocenters. The first kappa shape index (κ1) is 37.0. The Hall–Kier alpha value is -4.80. The van der Waals surface area contributed by atoms with E-state index in [0.717, 1.165) is 80.7 Å². The zero-order chi connectivity index (χ0) is 35.8. The van der Waals surface area contributed by atoms with Gasteiger partial charge in [-0.05, 0) is 97.5 Å². The van der Waals surface area contributed by atoms with Gasteiger partial charge in [0, 0.05) is 16.9 Å². The number of hydrogen-bond acceptors (Lipinski definition) is 5. The Bertz CT molecular complexity index is 1690. The van der Waals surface area contributed by atoms with Gasteiger partial charge in [-0.2, -0.15) is 26.3 Å². The molecule has 0 fully saturated rings. The van der Waals surface area contributed by atoms with Crippen LogP contribution in [0.15, 0.2) is 90.6 Å². The van der Waals surface area contributed by atoms with Crippen molar-refractivity contribution in [1.82, 2.24) is 4.98 Å². The highest BCUT2D eigenvalue weighted by Crippen LogP contribution is 2.40. The Morgan fingerprint density at radius 1 is 0.755 bits per heavy atom. The second kappa shape index (κ2) is 16.1. The number of alkyl halides is 6. The minimum absolute atomic E-state index is 0.183. The fourth-order valence-corrected chi connectivity index (χ4v) is 5.38. The molecule has 0 amide bonds. The first-order valence-corrected chi connectivity index (χ1v) is 16.2. The molecule has 0 bridgehead atoms. The number of allylic oxidation sites excluding steroid dienone is 2. The average molecular weight is 683 g/mol. The van der Waals surface area contributed by atoms with Gasteiger partial charge in [0.25, 0.3) is 0 Å². The lowest BCUT2D eigenvalue weighted by molar-refractivity contribution is -0.137. The Morgan fingerprint density at radius 2 is 1.29 bits per heavy atom. The highest BCUT2D eigenvalue weighted by molar-refractivity contribution is 6.06. The maximum atomic E-state index is 13.7. The molecule has 0 atom stereocenters. The number of anilines is 3. The number of benzene rings is 3. The number of aryl methyl sites for hydroxylation is 2. The van der Waals surface area contributed by atoms with Crippen molar-refractivity contribution in [2.45, 2.75) is 77.6 Å². The van der Waals surface area contributed by atoms with Gasteiger partial charge in [-0.15, -0.1) is 0 Å². The lowest BCUT2D eigenvalue weighted by atomic mass is 10.0. The van der Waals surface area contributed by atoms with E-state index in [-0.39, 0.29) is 22.6 Å². The normalized spacial score (nSPS) is 12.3. The third-order valence-corrected chi connectivity index (χ3v) is 8.10. The van der Waals surface area contributed by atoms with E-state index < -0.39 is 35.1 Å². The minimum Gasteiger partial charge on any atom is -0.507 e. The van der Waals surface area contributed by atoms with Crippen LogP contribution in [0.3, 0.4) is 0 Å². The molecule has 11 heteroatoms. The van der Waals surface area contributed by atoms with E-state index in [1.165, 1.54) is 12.1 Å². The van der Waals surface area contributed by atoms with Crippen LogP contribution in [0.25, 0.3) is 11.3 Å². The van der Waals surface area contributed by atoms with E-state index in [0.29, 0.717) is 17.5 Å². The van der Waals surface area contributed by atoms with Gasteiger partial charge in [-0.1, -0.05) is 63.8 Å². The number of pyridine rings is 1. The molecular formula is C38H40F6N4O. The number of nitrogens with zero attached hydrogens (tertiary/aromatic N) is 2. The summed E-state index contributed by atoms with van der Waals surface area (Å²) in [5, 5.41) is 19.2. The van der Waals surface area contributed by atoms with Crippen molar-refractivity contribution in [3.8, 4) is 17.0 Å². The van der Waals surface area contributed by atoms with Gasteiger partial charge in [0.1, 0.15) is 11.4 Å². The van der Waals surface area contributed by atoms with E-state index >= 15 is 0 Å². The first-order valence-electron chi connectivity index (χ1n) is 16.2. The molecule has 0 aliphatic rings. The van der Waals surface area contributed by atoms with Crippen LogP contribution in [-0.2, 0) is 19.0 Å². The molecule has 0 saturated heterocycles. The monoisotopic (exact) mass is 682 g/mol. The lowest BCUT2D eigenvalue weighted by Crippen LogP contribution is -2.21. The van der Waals surface area contributed by atoms with Crippen molar-refractivity contribution >= 4 is 22.8 Å². The SMILES string of the molecule is CCCCCc1ccc(N(c2ccc(CCCCC)cc2)c2cc(C(=N)C=C(N)C(F)(F)F)nc(-c3cc(C(F)(F)F)ccc3O)c2)cc1. The van der Waals surface area contributed by atoms with Crippen LogP contribution in [0.4, 0.5) is 43.4 Å². The van der Waals surface area contributed by atoms with Crippen LogP contribution < -0.4 is 10.6 Å². The molecule has 1 aromatic heterocycles. The maximum Gasteiger partial charge on any atom is 0.430 e. The third-order valence-electron chi connectivity index (χ3n) is 8.10. The van der Waals surface area contributed by atoms with Crippen molar-refractivity contribution in [3.05, 3.63) is 113 Å². The Morgan fingerprint density at radius 3 is 1.76 bits per heavy atom. The molecule has 3 aromatic carbocycles. The molecule has 5 nitrogen and oxygen atoms in total. The van der Waals surface area contributed by atoms with Crippen LogP contribution in [0.5, 0.6) is 5.75 Å². The minimum atomic E-state index is -4.92. The summed E-state index contributed by atoms with van der Waals surface area (Å²) in [6.07, 6.45) is -1.14. The summed E-state index contributed by atoms with van der Waals surface area (Å²) in [6, 6.07) is 20.6. The molecule has 49 heavy (non-hydrogen) atoms. The molecule has 0 aliphatic carbocycles. The van der Waals surface area contributed by atoms with E-state index in [9.17, 15) is 31.4 Å². The number of halogens is 6. The summed E-state index contributed by atoms with van der Waals surface area (Å²) >= 11 is 0. The smallest absolute Gasteiger partial charge is 0.430 e. The number of nitrogens with one attached hydrogen (secondary N) is 1. The van der Waals surface area contributed by atoms with Crippen molar-refractivity contribution in [3.63, 3.8) is 0 Å². The number of aromatic nitrogens is 1. The zero-order valence-electron chi connectivity index (χ0n) is 27.4. The molecule has 0 radical (unpaired) electrons. The van der Waals surface area contributed by atoms with Crippen LogP contribution >= 0.6 is 0 Å². The summed E-state index contributed by atoms with van der Waals surface area (Å²) in [4.78, 5) is 6.05. The van der Waals surface area contributed by atoms with Crippen molar-refractivity contribution in [1.29, 1.82) is 5.41 Å². The highest BCUT2D eigenvalue weighted by Gasteiger charge is 2.33. The fourth-order valence-electron chi connectivity index (χ4n) is 5.38. The van der Waals surface area contributed by atoms with Gasteiger partial charge in [-0.3, -0.25) is 5.41 Å². The van der Waals surface area contributed by atoms with Gasteiger partial charge >= 0.3 is 12.4 Å². The molecule has 0 aliphatic heterocycles. The average Bonchev–Trinajstić information content (AvgIpc) is 3.05. The number of hydrogen-bond donors (Lipinski definition) is 3. The molecule has 0 spiro atoms. The van der Waals surface area contributed by atoms with Gasteiger partial charge < -0.3 is 15.7 Å². The molecule has 4 aromatic rings. The largest absolute Gasteiger partial charge is 0.507 e. The summed E-state index contributed by atoms with van der Waals surface area (Å²) in [6.45, 7) is 4.25. The number of rotatable bonds is 14. The standard InChI is InChI=1S/C38H40F6N4O/c1-3-5-7-9-25-11-16-28(17-12-25)48(29-18-13-26(14-19-29)10-8-6-4-2)30-22-33(31-21-27(37(39,40)41)15-20-35(31)49)47-34(23-30)32(45)24-36(46)38(42,43)44/h11-24,45,49H,3-10,46H2,1-2H3. The van der Waals surface area contributed by atoms with Crippen molar-refractivity contribution in [2.24, 2.45) is 5.73 Å². The van der Waals surface area contributed by atoms with E-state index in [1.807, 2.05) is 48.5 Å². The second-order valence-electron chi connectivity index (χ2n) is 11.9. The van der Waals surface area contributed by atoms with E-state index in [4.69, 9.17) is 11.1 Å². The van der Waals surface area contributed by atoms with Crippen molar-refractivity contribution < 1.29 is 31.4 Å². The lowest BCUT2D eigenvalue weighted by Gasteiger charge is -2.27. The second-order valence-corrected chi connectivity index (χ2v) is 11.9. The summed E-state index contributed by atoms with van der Waals surface area (Å²) < 4.78 is 81.1. The molecule has 4 N–H and O–H groups in total. The molecular weight excluding hydrogens is 642 g/mol. The Labute approximate surface area is 282 Å². The topological polar surface area (TPSA) is 86.2 Å². The van der Waals surface area contributed by atoms with Gasteiger partial charge in [-0.25, -0.2) is 4.98 Å². The van der Waals surface area contributed by atoms with E-state index in [1.54, 1.807) is 4.90 Å². The van der Waals surface area contributed by atoms with Crippen molar-refractivity contribution in [2.75, 3.05) is 4.90 Å². The predicted octanol–water partition coefficient (Wildman–Crippen LogP) is 11.2. The Balaban J connectivity index is 1.93. The number of aromatic hydroxyl groups is 1. The molecule has 4 rings (SSSR count). The fraction of sp³-hybridized carbons (Fsp3) is 0.316. The predicted molar refractivity (Wildman–Crippen MR) is 183 cm³/mol. The summed E-state index contributed by atoms with van der Waals surface area (Å²) in [5.74, 6) is -0.528. The molecule has 0 saturated carbocycles.